The van der Waals surface area contributed by atoms with E-state index in [1.807, 2.05) is 6.92 Å². The van der Waals surface area contributed by atoms with Crippen molar-refractivity contribution in [3.8, 4) is 0 Å². The van der Waals surface area contributed by atoms with Crippen LogP contribution >= 0.6 is 0 Å². The van der Waals surface area contributed by atoms with Gasteiger partial charge in [0.1, 0.15) is 0 Å². The average molecular weight is 203 g/mol. The van der Waals surface area contributed by atoms with Crippen molar-refractivity contribution in [3.63, 3.8) is 0 Å². The van der Waals surface area contributed by atoms with Gasteiger partial charge in [0.2, 0.25) is 0 Å². The van der Waals surface area contributed by atoms with Crippen LogP contribution in [0.15, 0.2) is 0 Å². The van der Waals surface area contributed by atoms with Crippen LogP contribution in [-0.4, -0.2) is 32.5 Å². The summed E-state index contributed by atoms with van der Waals surface area (Å²) < 4.78 is 10.5. The molecule has 0 rings (SSSR count). The molecule has 0 aliphatic carbocycles. The minimum atomic E-state index is -0.257. The Hall–Kier alpha value is -0.120. The van der Waals surface area contributed by atoms with Crippen LogP contribution in [0.1, 0.15) is 33.6 Å². The van der Waals surface area contributed by atoms with Crippen LogP contribution in [0.3, 0.4) is 0 Å². The third-order valence-corrected chi connectivity index (χ3v) is 2.13. The van der Waals surface area contributed by atoms with Crippen molar-refractivity contribution >= 4 is 0 Å². The van der Waals surface area contributed by atoms with E-state index in [4.69, 9.17) is 15.2 Å². The van der Waals surface area contributed by atoms with Gasteiger partial charge in [0.05, 0.1) is 6.61 Å². The zero-order valence-electron chi connectivity index (χ0n) is 10.0. The lowest BCUT2D eigenvalue weighted by Crippen LogP contribution is -2.42. The Morgan fingerprint density at radius 3 is 2.43 bits per heavy atom. The molecular weight excluding hydrogens is 178 g/mol. The smallest absolute Gasteiger partial charge is 0.0640 e. The maximum atomic E-state index is 5.96. The lowest BCUT2D eigenvalue weighted by atomic mass is 10.0. The van der Waals surface area contributed by atoms with Gasteiger partial charge in [-0.15, -0.1) is 0 Å². The predicted molar refractivity (Wildman–Crippen MR) is 59.4 cm³/mol. The third kappa shape index (κ3) is 8.48. The molecule has 0 spiro atoms. The molecule has 0 bridgehead atoms. The van der Waals surface area contributed by atoms with Gasteiger partial charge in [0.25, 0.3) is 0 Å². The molecule has 2 N–H and O–H groups in total. The molecule has 0 amide bonds. The van der Waals surface area contributed by atoms with E-state index in [1.54, 1.807) is 7.11 Å². The molecule has 0 aliphatic rings. The highest BCUT2D eigenvalue weighted by Crippen LogP contribution is 2.06. The van der Waals surface area contributed by atoms with E-state index in [1.165, 1.54) is 0 Å². The molecule has 0 radical (unpaired) electrons. The summed E-state index contributed by atoms with van der Waals surface area (Å²) in [6.07, 6.45) is 1.96. The molecule has 0 aromatic carbocycles. The Labute approximate surface area is 88.0 Å². The van der Waals surface area contributed by atoms with Gasteiger partial charge in [0, 0.05) is 25.9 Å². The van der Waals surface area contributed by atoms with Crippen molar-refractivity contribution in [3.05, 3.63) is 0 Å². The van der Waals surface area contributed by atoms with E-state index in [9.17, 15) is 0 Å². The van der Waals surface area contributed by atoms with Gasteiger partial charge in [-0.1, -0.05) is 13.8 Å². The highest BCUT2D eigenvalue weighted by Gasteiger charge is 2.17. The van der Waals surface area contributed by atoms with Gasteiger partial charge in [-0.05, 0) is 25.7 Å². The summed E-state index contributed by atoms with van der Waals surface area (Å²) in [6.45, 7) is 8.52. The molecule has 0 saturated heterocycles. The number of nitrogens with two attached hydrogens (primary N) is 1. The number of hydrogen-bond acceptors (Lipinski definition) is 3. The van der Waals surface area contributed by atoms with Crippen molar-refractivity contribution in [1.29, 1.82) is 0 Å². The minimum absolute atomic E-state index is 0.257. The monoisotopic (exact) mass is 203 g/mol. The van der Waals surface area contributed by atoms with Gasteiger partial charge < -0.3 is 15.2 Å². The topological polar surface area (TPSA) is 44.5 Å². The fourth-order valence-corrected chi connectivity index (χ4v) is 1.13. The number of ether oxygens (including phenoxy) is 2. The van der Waals surface area contributed by atoms with E-state index in [0.717, 1.165) is 26.1 Å². The molecule has 14 heavy (non-hydrogen) atoms. The first-order chi connectivity index (χ1) is 6.48. The van der Waals surface area contributed by atoms with Crippen LogP contribution < -0.4 is 5.73 Å². The SMILES string of the molecule is COCC(C)(N)CCOCCC(C)C. The van der Waals surface area contributed by atoms with Crippen molar-refractivity contribution in [2.24, 2.45) is 11.7 Å². The van der Waals surface area contributed by atoms with Crippen LogP contribution in [0.2, 0.25) is 0 Å². The summed E-state index contributed by atoms with van der Waals surface area (Å²) in [5.74, 6) is 0.707. The molecule has 1 unspecified atom stereocenters. The van der Waals surface area contributed by atoms with Crippen LogP contribution in [0.4, 0.5) is 0 Å². The van der Waals surface area contributed by atoms with Gasteiger partial charge in [0.15, 0.2) is 0 Å². The highest BCUT2D eigenvalue weighted by atomic mass is 16.5. The fraction of sp³-hybridized carbons (Fsp3) is 1.00. The summed E-state index contributed by atoms with van der Waals surface area (Å²) in [7, 11) is 1.67. The Balaban J connectivity index is 3.34. The van der Waals surface area contributed by atoms with Crippen LogP contribution in [0, 0.1) is 5.92 Å². The predicted octanol–water partition coefficient (Wildman–Crippen LogP) is 1.80. The Kier molecular flexibility index (Phi) is 7.15. The van der Waals surface area contributed by atoms with Crippen molar-refractivity contribution in [2.45, 2.75) is 39.2 Å². The molecule has 1 atom stereocenters. The van der Waals surface area contributed by atoms with Crippen molar-refractivity contribution < 1.29 is 9.47 Å². The first-order valence-electron chi connectivity index (χ1n) is 5.33. The van der Waals surface area contributed by atoms with Crippen LogP contribution in [-0.2, 0) is 9.47 Å². The normalized spacial score (nSPS) is 15.9. The first-order valence-corrected chi connectivity index (χ1v) is 5.33. The van der Waals surface area contributed by atoms with Gasteiger partial charge in [-0.25, -0.2) is 0 Å². The summed E-state index contributed by atoms with van der Waals surface area (Å²) in [4.78, 5) is 0. The molecule has 0 fully saturated rings. The molecule has 0 aromatic heterocycles. The van der Waals surface area contributed by atoms with E-state index < -0.39 is 0 Å². The highest BCUT2D eigenvalue weighted by molar-refractivity contribution is 4.77. The first kappa shape index (κ1) is 13.9. The quantitative estimate of drug-likeness (QED) is 0.612. The largest absolute Gasteiger partial charge is 0.383 e. The maximum Gasteiger partial charge on any atom is 0.0640 e. The maximum absolute atomic E-state index is 5.96. The fourth-order valence-electron chi connectivity index (χ4n) is 1.13. The summed E-state index contributed by atoms with van der Waals surface area (Å²) >= 11 is 0. The molecule has 0 aromatic rings. The van der Waals surface area contributed by atoms with Gasteiger partial charge in [-0.2, -0.15) is 0 Å². The molecule has 3 nitrogen and oxygen atoms in total. The van der Waals surface area contributed by atoms with E-state index >= 15 is 0 Å². The number of methoxy groups -OCH3 is 1. The second-order valence-electron chi connectivity index (χ2n) is 4.63. The van der Waals surface area contributed by atoms with E-state index in [-0.39, 0.29) is 5.54 Å². The Bertz CT molecular complexity index is 135. The zero-order chi connectivity index (χ0) is 11.0. The third-order valence-electron chi connectivity index (χ3n) is 2.13. The summed E-state index contributed by atoms with van der Waals surface area (Å²) in [6, 6.07) is 0. The van der Waals surface area contributed by atoms with Crippen LogP contribution in [0.25, 0.3) is 0 Å². The van der Waals surface area contributed by atoms with Gasteiger partial charge in [-0.3, -0.25) is 0 Å². The van der Waals surface area contributed by atoms with Crippen LogP contribution in [0.5, 0.6) is 0 Å². The van der Waals surface area contributed by atoms with E-state index in [2.05, 4.69) is 13.8 Å². The molecule has 86 valence electrons. The second kappa shape index (κ2) is 7.21. The molecular formula is C11H25NO2. The summed E-state index contributed by atoms with van der Waals surface area (Å²) in [5, 5.41) is 0. The molecule has 0 heterocycles. The number of hydrogen-bond donors (Lipinski definition) is 1. The number of rotatable bonds is 8. The van der Waals surface area contributed by atoms with E-state index in [0.29, 0.717) is 12.5 Å². The zero-order valence-corrected chi connectivity index (χ0v) is 10.0. The Morgan fingerprint density at radius 1 is 1.29 bits per heavy atom. The Morgan fingerprint density at radius 2 is 1.93 bits per heavy atom. The van der Waals surface area contributed by atoms with Crippen molar-refractivity contribution in [2.75, 3.05) is 26.9 Å². The lowest BCUT2D eigenvalue weighted by Gasteiger charge is -2.23. The molecule has 0 saturated carbocycles. The molecule has 3 heteroatoms. The standard InChI is InChI=1S/C11H25NO2/c1-10(2)5-7-14-8-6-11(3,12)9-13-4/h10H,5-9,12H2,1-4H3. The second-order valence-corrected chi connectivity index (χ2v) is 4.63. The molecule has 0 aliphatic heterocycles. The average Bonchev–Trinajstić information content (AvgIpc) is 2.02. The lowest BCUT2D eigenvalue weighted by molar-refractivity contribution is 0.0804. The van der Waals surface area contributed by atoms with Crippen molar-refractivity contribution in [1.82, 2.24) is 0 Å². The minimum Gasteiger partial charge on any atom is -0.383 e. The van der Waals surface area contributed by atoms with Gasteiger partial charge >= 0.3 is 0 Å². The summed E-state index contributed by atoms with van der Waals surface area (Å²) in [5.41, 5.74) is 5.71.